The maximum atomic E-state index is 12.1. The summed E-state index contributed by atoms with van der Waals surface area (Å²) < 4.78 is 32.0. The molecule has 1 saturated carbocycles. The van der Waals surface area contributed by atoms with E-state index in [1.54, 1.807) is 26.8 Å². The van der Waals surface area contributed by atoms with Crippen molar-refractivity contribution in [3.8, 4) is 0 Å². The summed E-state index contributed by atoms with van der Waals surface area (Å²) in [5.41, 5.74) is 0.985. The fourth-order valence-corrected chi connectivity index (χ4v) is 3.09. The summed E-state index contributed by atoms with van der Waals surface area (Å²) in [6, 6.07) is 4.54. The molecule has 0 heterocycles. The lowest BCUT2D eigenvalue weighted by molar-refractivity contribution is 0.0377. The van der Waals surface area contributed by atoms with Crippen molar-refractivity contribution in [3.63, 3.8) is 0 Å². The summed E-state index contributed by atoms with van der Waals surface area (Å²) in [6.45, 7) is 5.26. The van der Waals surface area contributed by atoms with Crippen LogP contribution in [0, 0.1) is 6.92 Å². The van der Waals surface area contributed by atoms with Crippen molar-refractivity contribution >= 4 is 16.0 Å². The second kappa shape index (κ2) is 5.54. The number of rotatable bonds is 5. The maximum absolute atomic E-state index is 12.1. The Morgan fingerprint density at radius 2 is 2.00 bits per heavy atom. The molecular formula is C14H19NO4S. The number of sulfonamides is 1. The Hall–Kier alpha value is -1.40. The number of benzene rings is 1. The molecule has 6 heteroatoms. The molecule has 0 radical (unpaired) electrons. The van der Waals surface area contributed by atoms with Gasteiger partial charge in [-0.05, 0) is 51.3 Å². The minimum atomic E-state index is -3.56. The SMILES string of the molecule is Cc1ccc(S(=O)(=O)NC2CC2)cc1C(=O)OC(C)C. The van der Waals surface area contributed by atoms with Gasteiger partial charge in [0.2, 0.25) is 10.0 Å². The molecule has 1 aliphatic rings. The fraction of sp³-hybridized carbons (Fsp3) is 0.500. The van der Waals surface area contributed by atoms with Gasteiger partial charge in [-0.1, -0.05) is 6.07 Å². The molecule has 20 heavy (non-hydrogen) atoms. The molecule has 0 aromatic heterocycles. The van der Waals surface area contributed by atoms with Crippen molar-refractivity contribution in [1.82, 2.24) is 4.72 Å². The Labute approximate surface area is 119 Å². The van der Waals surface area contributed by atoms with E-state index in [0.717, 1.165) is 12.8 Å². The fourth-order valence-electron chi connectivity index (χ4n) is 1.75. The number of esters is 1. The summed E-state index contributed by atoms with van der Waals surface area (Å²) >= 11 is 0. The largest absolute Gasteiger partial charge is 0.459 e. The van der Waals surface area contributed by atoms with Gasteiger partial charge in [-0.2, -0.15) is 0 Å². The van der Waals surface area contributed by atoms with Crippen molar-refractivity contribution in [2.24, 2.45) is 0 Å². The molecule has 1 aromatic rings. The van der Waals surface area contributed by atoms with Gasteiger partial charge in [-0.3, -0.25) is 0 Å². The van der Waals surface area contributed by atoms with Crippen LogP contribution >= 0.6 is 0 Å². The highest BCUT2D eigenvalue weighted by atomic mass is 32.2. The van der Waals surface area contributed by atoms with Gasteiger partial charge in [0.05, 0.1) is 16.6 Å². The molecular weight excluding hydrogens is 278 g/mol. The summed E-state index contributed by atoms with van der Waals surface area (Å²) in [5.74, 6) is -0.499. The van der Waals surface area contributed by atoms with E-state index in [1.807, 2.05) is 0 Å². The molecule has 1 aromatic carbocycles. The summed E-state index contributed by atoms with van der Waals surface area (Å²) in [7, 11) is -3.56. The van der Waals surface area contributed by atoms with Crippen LogP contribution in [0.3, 0.4) is 0 Å². The number of ether oxygens (including phenoxy) is 1. The molecule has 0 unspecified atom stereocenters. The minimum Gasteiger partial charge on any atom is -0.459 e. The first-order chi connectivity index (χ1) is 9.29. The number of nitrogens with one attached hydrogen (secondary N) is 1. The summed E-state index contributed by atoms with van der Waals surface area (Å²) in [5, 5.41) is 0. The maximum Gasteiger partial charge on any atom is 0.338 e. The van der Waals surface area contributed by atoms with Crippen LogP contribution in [0.25, 0.3) is 0 Å². The van der Waals surface area contributed by atoms with E-state index in [1.165, 1.54) is 12.1 Å². The number of carbonyl (C=O) groups is 1. The predicted molar refractivity (Wildman–Crippen MR) is 75.1 cm³/mol. The van der Waals surface area contributed by atoms with E-state index in [-0.39, 0.29) is 22.6 Å². The molecule has 1 N–H and O–H groups in total. The van der Waals surface area contributed by atoms with Crippen LogP contribution in [-0.4, -0.2) is 26.5 Å². The first-order valence-electron chi connectivity index (χ1n) is 6.63. The average molecular weight is 297 g/mol. The van der Waals surface area contributed by atoms with Crippen molar-refractivity contribution in [2.45, 2.75) is 50.7 Å². The number of carbonyl (C=O) groups excluding carboxylic acids is 1. The Bertz CT molecular complexity index is 618. The van der Waals surface area contributed by atoms with Crippen molar-refractivity contribution in [3.05, 3.63) is 29.3 Å². The molecule has 0 atom stereocenters. The molecule has 0 aliphatic heterocycles. The molecule has 1 fully saturated rings. The zero-order valence-electron chi connectivity index (χ0n) is 11.8. The van der Waals surface area contributed by atoms with Crippen LogP contribution in [0.5, 0.6) is 0 Å². The van der Waals surface area contributed by atoms with Crippen LogP contribution in [0.1, 0.15) is 42.6 Å². The molecule has 0 amide bonds. The first kappa shape index (κ1) is 15.0. The van der Waals surface area contributed by atoms with Crippen LogP contribution in [0.2, 0.25) is 0 Å². The average Bonchev–Trinajstić information content (AvgIpc) is 3.11. The highest BCUT2D eigenvalue weighted by molar-refractivity contribution is 7.89. The standard InChI is InChI=1S/C14H19NO4S/c1-9(2)19-14(16)13-8-12(7-4-10(13)3)20(17,18)15-11-5-6-11/h4,7-9,11,15H,5-6H2,1-3H3. The van der Waals surface area contributed by atoms with Crippen LogP contribution in [0.15, 0.2) is 23.1 Å². The Morgan fingerprint density at radius 3 is 2.55 bits per heavy atom. The minimum absolute atomic E-state index is 0.0346. The number of hydrogen-bond acceptors (Lipinski definition) is 4. The van der Waals surface area contributed by atoms with Crippen molar-refractivity contribution < 1.29 is 17.9 Å². The van der Waals surface area contributed by atoms with E-state index in [9.17, 15) is 13.2 Å². The second-order valence-electron chi connectivity index (χ2n) is 5.33. The number of hydrogen-bond donors (Lipinski definition) is 1. The van der Waals surface area contributed by atoms with Crippen LogP contribution in [0.4, 0.5) is 0 Å². The molecule has 0 spiro atoms. The zero-order valence-corrected chi connectivity index (χ0v) is 12.7. The molecule has 2 rings (SSSR count). The Balaban J connectivity index is 2.30. The highest BCUT2D eigenvalue weighted by Crippen LogP contribution is 2.23. The molecule has 0 bridgehead atoms. The van der Waals surface area contributed by atoms with Gasteiger partial charge in [-0.15, -0.1) is 0 Å². The lowest BCUT2D eigenvalue weighted by Gasteiger charge is -2.12. The monoisotopic (exact) mass is 297 g/mol. The Kier molecular flexibility index (Phi) is 4.15. The van der Waals surface area contributed by atoms with Crippen molar-refractivity contribution in [2.75, 3.05) is 0 Å². The van der Waals surface area contributed by atoms with E-state index in [0.29, 0.717) is 5.56 Å². The van der Waals surface area contributed by atoms with Gasteiger partial charge < -0.3 is 4.74 Å². The van der Waals surface area contributed by atoms with E-state index >= 15 is 0 Å². The summed E-state index contributed by atoms with van der Waals surface area (Å²) in [4.78, 5) is 12.1. The molecule has 5 nitrogen and oxygen atoms in total. The van der Waals surface area contributed by atoms with Gasteiger partial charge in [0, 0.05) is 6.04 Å². The van der Waals surface area contributed by atoms with Gasteiger partial charge >= 0.3 is 5.97 Å². The Morgan fingerprint density at radius 1 is 1.35 bits per heavy atom. The third-order valence-corrected chi connectivity index (χ3v) is 4.50. The topological polar surface area (TPSA) is 72.5 Å². The molecule has 110 valence electrons. The third kappa shape index (κ3) is 3.58. The smallest absolute Gasteiger partial charge is 0.338 e. The van der Waals surface area contributed by atoms with E-state index in [2.05, 4.69) is 4.72 Å². The first-order valence-corrected chi connectivity index (χ1v) is 8.12. The normalized spacial score (nSPS) is 15.4. The second-order valence-corrected chi connectivity index (χ2v) is 7.04. The lowest BCUT2D eigenvalue weighted by atomic mass is 10.1. The highest BCUT2D eigenvalue weighted by Gasteiger charge is 2.28. The van der Waals surface area contributed by atoms with E-state index in [4.69, 9.17) is 4.74 Å². The van der Waals surface area contributed by atoms with Gasteiger partial charge in [0.25, 0.3) is 0 Å². The predicted octanol–water partition coefficient (Wildman–Crippen LogP) is 2.00. The van der Waals surface area contributed by atoms with Gasteiger partial charge in [0.1, 0.15) is 0 Å². The number of aryl methyl sites for hydroxylation is 1. The molecule has 0 saturated heterocycles. The van der Waals surface area contributed by atoms with Crippen LogP contribution < -0.4 is 4.72 Å². The van der Waals surface area contributed by atoms with Crippen molar-refractivity contribution in [1.29, 1.82) is 0 Å². The van der Waals surface area contributed by atoms with Crippen LogP contribution in [-0.2, 0) is 14.8 Å². The molecule has 1 aliphatic carbocycles. The van der Waals surface area contributed by atoms with E-state index < -0.39 is 16.0 Å². The van der Waals surface area contributed by atoms with Gasteiger partial charge in [0.15, 0.2) is 0 Å². The quantitative estimate of drug-likeness (QED) is 0.844. The summed E-state index contributed by atoms with van der Waals surface area (Å²) in [6.07, 6.45) is 1.49. The van der Waals surface area contributed by atoms with Gasteiger partial charge in [-0.25, -0.2) is 17.9 Å². The zero-order chi connectivity index (χ0) is 14.9. The lowest BCUT2D eigenvalue weighted by Crippen LogP contribution is -2.26. The third-order valence-electron chi connectivity index (χ3n) is 2.98.